The first kappa shape index (κ1) is 15.9. The van der Waals surface area contributed by atoms with E-state index in [1.165, 1.54) is 6.07 Å². The number of carboxylic acid groups (broad SMARTS) is 1. The van der Waals surface area contributed by atoms with Crippen LogP contribution in [0, 0.1) is 0 Å². The molecule has 0 atom stereocenters. The average Bonchev–Trinajstić information content (AvgIpc) is 2.97. The van der Waals surface area contributed by atoms with Crippen molar-refractivity contribution in [3.05, 3.63) is 59.9 Å². The Morgan fingerprint density at radius 1 is 1.17 bits per heavy atom. The largest absolute Gasteiger partial charge is 0.491 e. The van der Waals surface area contributed by atoms with Crippen LogP contribution in [0.25, 0.3) is 11.0 Å². The van der Waals surface area contributed by atoms with E-state index in [1.807, 2.05) is 44.2 Å². The Labute approximate surface area is 139 Å². The molecule has 0 saturated heterocycles. The van der Waals surface area contributed by atoms with Crippen molar-refractivity contribution in [1.29, 1.82) is 0 Å². The van der Waals surface area contributed by atoms with Gasteiger partial charge in [-0.3, -0.25) is 0 Å². The number of ether oxygens (including phenoxy) is 2. The second kappa shape index (κ2) is 6.66. The molecule has 0 bridgehead atoms. The summed E-state index contributed by atoms with van der Waals surface area (Å²) >= 11 is 0. The van der Waals surface area contributed by atoms with Crippen molar-refractivity contribution in [2.45, 2.75) is 26.6 Å². The Kier molecular flexibility index (Phi) is 4.42. The van der Waals surface area contributed by atoms with Crippen molar-refractivity contribution < 1.29 is 23.8 Å². The first-order valence-electron chi connectivity index (χ1n) is 7.67. The standard InChI is InChI=1S/C19H18O5/c1-12(2)23-14-8-16(22-11-13-6-4-3-5-7-13)15-10-18(19(20)21)24-17(15)9-14/h3-10,12H,11H2,1-2H3,(H,20,21). The summed E-state index contributed by atoms with van der Waals surface area (Å²) in [6, 6.07) is 14.6. The molecule has 1 N–H and O–H groups in total. The third-order valence-corrected chi connectivity index (χ3v) is 3.39. The molecule has 1 heterocycles. The van der Waals surface area contributed by atoms with Crippen LogP contribution in [0.15, 0.2) is 52.9 Å². The van der Waals surface area contributed by atoms with E-state index in [4.69, 9.17) is 19.0 Å². The van der Waals surface area contributed by atoms with Gasteiger partial charge in [0, 0.05) is 18.2 Å². The van der Waals surface area contributed by atoms with Gasteiger partial charge in [0.15, 0.2) is 0 Å². The van der Waals surface area contributed by atoms with Gasteiger partial charge in [-0.25, -0.2) is 4.79 Å². The molecule has 124 valence electrons. The van der Waals surface area contributed by atoms with Crippen molar-refractivity contribution in [2.75, 3.05) is 0 Å². The smallest absolute Gasteiger partial charge is 0.371 e. The second-order valence-electron chi connectivity index (χ2n) is 5.69. The number of aromatic carboxylic acids is 1. The molecule has 0 aliphatic heterocycles. The number of carboxylic acids is 1. The van der Waals surface area contributed by atoms with Crippen LogP contribution in [-0.4, -0.2) is 17.2 Å². The van der Waals surface area contributed by atoms with Gasteiger partial charge in [-0.05, 0) is 19.4 Å². The maximum absolute atomic E-state index is 11.2. The molecule has 5 nitrogen and oxygen atoms in total. The molecular formula is C19H18O5. The number of carbonyl (C=O) groups is 1. The van der Waals surface area contributed by atoms with Gasteiger partial charge in [-0.1, -0.05) is 30.3 Å². The summed E-state index contributed by atoms with van der Waals surface area (Å²) in [6.07, 6.45) is -0.0154. The number of hydrogen-bond donors (Lipinski definition) is 1. The number of fused-ring (bicyclic) bond motifs is 1. The summed E-state index contributed by atoms with van der Waals surface area (Å²) < 4.78 is 17.0. The van der Waals surface area contributed by atoms with Gasteiger partial charge in [0.1, 0.15) is 23.7 Å². The highest BCUT2D eigenvalue weighted by molar-refractivity contribution is 5.94. The van der Waals surface area contributed by atoms with Crippen LogP contribution in [0.3, 0.4) is 0 Å². The lowest BCUT2D eigenvalue weighted by molar-refractivity contribution is 0.0665. The van der Waals surface area contributed by atoms with Crippen LogP contribution >= 0.6 is 0 Å². The van der Waals surface area contributed by atoms with E-state index in [1.54, 1.807) is 12.1 Å². The van der Waals surface area contributed by atoms with Crippen LogP contribution in [0.4, 0.5) is 0 Å². The lowest BCUT2D eigenvalue weighted by Crippen LogP contribution is -2.05. The van der Waals surface area contributed by atoms with E-state index >= 15 is 0 Å². The predicted octanol–water partition coefficient (Wildman–Crippen LogP) is 4.50. The molecule has 3 rings (SSSR count). The summed E-state index contributed by atoms with van der Waals surface area (Å²) in [6.45, 7) is 4.20. The molecule has 0 saturated carbocycles. The maximum atomic E-state index is 11.2. The fourth-order valence-corrected chi connectivity index (χ4v) is 2.38. The Morgan fingerprint density at radius 2 is 1.92 bits per heavy atom. The number of hydrogen-bond acceptors (Lipinski definition) is 4. The average molecular weight is 326 g/mol. The summed E-state index contributed by atoms with van der Waals surface area (Å²) in [7, 11) is 0. The van der Waals surface area contributed by atoms with E-state index in [0.717, 1.165) is 5.56 Å². The molecule has 24 heavy (non-hydrogen) atoms. The predicted molar refractivity (Wildman–Crippen MR) is 89.7 cm³/mol. The zero-order chi connectivity index (χ0) is 17.1. The molecule has 0 fully saturated rings. The number of furan rings is 1. The summed E-state index contributed by atoms with van der Waals surface area (Å²) in [5, 5.41) is 9.74. The third-order valence-electron chi connectivity index (χ3n) is 3.39. The van der Waals surface area contributed by atoms with Crippen molar-refractivity contribution in [2.24, 2.45) is 0 Å². The van der Waals surface area contributed by atoms with Crippen LogP contribution in [0.2, 0.25) is 0 Å². The van der Waals surface area contributed by atoms with Crippen molar-refractivity contribution in [3.63, 3.8) is 0 Å². The van der Waals surface area contributed by atoms with Crippen molar-refractivity contribution in [3.8, 4) is 11.5 Å². The summed E-state index contributed by atoms with van der Waals surface area (Å²) in [5.74, 6) is -0.141. The molecule has 3 aromatic rings. The van der Waals surface area contributed by atoms with Gasteiger partial charge in [0.05, 0.1) is 11.5 Å². The molecule has 0 radical (unpaired) electrons. The molecule has 1 aromatic heterocycles. The molecule has 0 spiro atoms. The summed E-state index contributed by atoms with van der Waals surface area (Å²) in [4.78, 5) is 11.2. The first-order chi connectivity index (χ1) is 11.5. The molecule has 0 aliphatic rings. The van der Waals surface area contributed by atoms with Gasteiger partial charge in [0.2, 0.25) is 5.76 Å². The molecule has 0 amide bonds. The van der Waals surface area contributed by atoms with Crippen molar-refractivity contribution >= 4 is 16.9 Å². The van der Waals surface area contributed by atoms with E-state index in [-0.39, 0.29) is 11.9 Å². The highest BCUT2D eigenvalue weighted by Gasteiger charge is 2.16. The maximum Gasteiger partial charge on any atom is 0.371 e. The zero-order valence-electron chi connectivity index (χ0n) is 13.5. The monoisotopic (exact) mass is 326 g/mol. The van der Waals surface area contributed by atoms with Gasteiger partial charge in [-0.15, -0.1) is 0 Å². The fourth-order valence-electron chi connectivity index (χ4n) is 2.38. The highest BCUT2D eigenvalue weighted by Crippen LogP contribution is 2.34. The van der Waals surface area contributed by atoms with E-state index in [0.29, 0.717) is 29.1 Å². The lowest BCUT2D eigenvalue weighted by Gasteiger charge is -2.12. The third kappa shape index (κ3) is 3.51. The Morgan fingerprint density at radius 3 is 2.58 bits per heavy atom. The topological polar surface area (TPSA) is 68.9 Å². The van der Waals surface area contributed by atoms with Crippen LogP contribution in [0.1, 0.15) is 30.0 Å². The van der Waals surface area contributed by atoms with Crippen LogP contribution in [-0.2, 0) is 6.61 Å². The lowest BCUT2D eigenvalue weighted by atomic mass is 10.2. The van der Waals surface area contributed by atoms with Gasteiger partial charge in [-0.2, -0.15) is 0 Å². The normalized spacial score (nSPS) is 11.0. The van der Waals surface area contributed by atoms with Crippen molar-refractivity contribution in [1.82, 2.24) is 0 Å². The Bertz CT molecular complexity index is 849. The number of benzene rings is 2. The SMILES string of the molecule is CC(C)Oc1cc(OCc2ccccc2)c2cc(C(=O)O)oc2c1. The Balaban J connectivity index is 1.97. The quantitative estimate of drug-likeness (QED) is 0.722. The number of rotatable bonds is 6. The first-order valence-corrected chi connectivity index (χ1v) is 7.67. The Hall–Kier alpha value is -2.95. The summed E-state index contributed by atoms with van der Waals surface area (Å²) in [5.41, 5.74) is 1.44. The van der Waals surface area contributed by atoms with Crippen LogP contribution < -0.4 is 9.47 Å². The minimum Gasteiger partial charge on any atom is -0.491 e. The van der Waals surface area contributed by atoms with Gasteiger partial charge < -0.3 is 19.0 Å². The van der Waals surface area contributed by atoms with E-state index in [2.05, 4.69) is 0 Å². The highest BCUT2D eigenvalue weighted by atomic mass is 16.5. The fraction of sp³-hybridized carbons (Fsp3) is 0.211. The zero-order valence-corrected chi connectivity index (χ0v) is 13.5. The van der Waals surface area contributed by atoms with Gasteiger partial charge in [0.25, 0.3) is 0 Å². The van der Waals surface area contributed by atoms with E-state index < -0.39 is 5.97 Å². The van der Waals surface area contributed by atoms with Gasteiger partial charge >= 0.3 is 5.97 Å². The second-order valence-corrected chi connectivity index (χ2v) is 5.69. The minimum absolute atomic E-state index is 0.0154. The minimum atomic E-state index is -1.12. The molecular weight excluding hydrogens is 308 g/mol. The van der Waals surface area contributed by atoms with E-state index in [9.17, 15) is 4.79 Å². The van der Waals surface area contributed by atoms with Crippen LogP contribution in [0.5, 0.6) is 11.5 Å². The molecule has 0 unspecified atom stereocenters. The molecule has 5 heteroatoms. The molecule has 0 aliphatic carbocycles. The molecule has 2 aromatic carbocycles.